The van der Waals surface area contributed by atoms with Crippen molar-refractivity contribution < 1.29 is 46.8 Å². The molecule has 0 bridgehead atoms. The molecule has 340 valence electrons. The minimum Gasteiger partial charge on any atom is -0.756 e. The number of carbonyl (C=O) groups is 2. The summed E-state index contributed by atoms with van der Waals surface area (Å²) >= 11 is 0. The molecule has 1 aliphatic rings. The van der Waals surface area contributed by atoms with Crippen LogP contribution in [0.2, 0.25) is 0 Å². The quantitative estimate of drug-likeness (QED) is 0.0148. The van der Waals surface area contributed by atoms with Crippen LogP contribution in [0, 0.1) is 0 Å². The van der Waals surface area contributed by atoms with Gasteiger partial charge in [-0.05, 0) is 83.5 Å². The Balaban J connectivity index is 2.31. The molecule has 1 fully saturated rings. The Kier molecular flexibility index (Phi) is 33.7. The van der Waals surface area contributed by atoms with Crippen molar-refractivity contribution in [2.24, 2.45) is 0 Å². The summed E-state index contributed by atoms with van der Waals surface area (Å²) < 4.78 is 39.6. The second kappa shape index (κ2) is 36.3. The first-order valence-corrected chi connectivity index (χ1v) is 24.6. The standard InChI is InChI=1S/C48H84NO9P/c1-6-8-10-12-14-15-16-17-18-19-20-21-22-23-26-31-35-39-48(51)57-44(43-56-59(52,53)55-41-40-49(3,4)5)42-54-47(50)38-34-30-27-24-25-29-33-37-46-45(58-46)36-32-28-13-11-9-7-2/h14-15,17-18,24,27-29,32-33,44-46H,6-13,16,19-23,25-26,30-31,34-43H2,1-5H3/b15-14-,18-17-,27-24-,32-28-,33-29-/t44-,45?,46?/m1/s1. The first-order chi connectivity index (χ1) is 28.5. The Labute approximate surface area is 360 Å². The summed E-state index contributed by atoms with van der Waals surface area (Å²) in [7, 11) is 1.12. The Morgan fingerprint density at radius 3 is 1.66 bits per heavy atom. The molecule has 4 atom stereocenters. The molecule has 0 amide bonds. The van der Waals surface area contributed by atoms with E-state index in [0.29, 0.717) is 36.1 Å². The lowest BCUT2D eigenvalue weighted by Gasteiger charge is -2.28. The molecule has 0 radical (unpaired) electrons. The van der Waals surface area contributed by atoms with E-state index in [-0.39, 0.29) is 26.1 Å². The van der Waals surface area contributed by atoms with Gasteiger partial charge in [0.15, 0.2) is 6.10 Å². The Bertz CT molecular complexity index is 1260. The lowest BCUT2D eigenvalue weighted by molar-refractivity contribution is -0.870. The third kappa shape index (κ3) is 37.2. The van der Waals surface area contributed by atoms with E-state index in [1.54, 1.807) is 0 Å². The van der Waals surface area contributed by atoms with Gasteiger partial charge in [0.05, 0.1) is 40.0 Å². The number of carbonyl (C=O) groups excluding carboxylic acids is 2. The Hall–Kier alpha value is -2.33. The largest absolute Gasteiger partial charge is 0.756 e. The van der Waals surface area contributed by atoms with Crippen molar-refractivity contribution in [3.63, 3.8) is 0 Å². The van der Waals surface area contributed by atoms with Crippen LogP contribution in [-0.2, 0) is 37.4 Å². The van der Waals surface area contributed by atoms with E-state index in [4.69, 9.17) is 23.3 Å². The van der Waals surface area contributed by atoms with Crippen molar-refractivity contribution in [3.8, 4) is 0 Å². The minimum absolute atomic E-state index is 0.0458. The number of unbranched alkanes of at least 4 members (excludes halogenated alkanes) is 14. The molecule has 1 heterocycles. The predicted octanol–water partition coefficient (Wildman–Crippen LogP) is 11.6. The second-order valence-electron chi connectivity index (χ2n) is 16.8. The molecule has 1 aliphatic heterocycles. The van der Waals surface area contributed by atoms with Crippen LogP contribution in [0.4, 0.5) is 0 Å². The third-order valence-corrected chi connectivity index (χ3v) is 10.9. The number of phosphoric acid groups is 1. The highest BCUT2D eigenvalue weighted by atomic mass is 31.2. The number of quaternary nitrogens is 1. The zero-order valence-electron chi connectivity index (χ0n) is 37.9. The molecule has 1 saturated heterocycles. The number of nitrogens with zero attached hydrogens (tertiary/aromatic N) is 1. The maximum Gasteiger partial charge on any atom is 0.306 e. The highest BCUT2D eigenvalue weighted by molar-refractivity contribution is 7.45. The molecule has 0 aromatic rings. The highest BCUT2D eigenvalue weighted by Crippen LogP contribution is 2.38. The van der Waals surface area contributed by atoms with E-state index in [9.17, 15) is 19.0 Å². The van der Waals surface area contributed by atoms with Gasteiger partial charge in [0.25, 0.3) is 7.82 Å². The summed E-state index contributed by atoms with van der Waals surface area (Å²) in [6.07, 6.45) is 45.6. The SMILES string of the molecule is CCCCC/C=C\C/C=C\CCCCCCCCCC(=O)O[C@H](COC(=O)CCC/C=C\C/C=C\CC1OC1C/C=C\CCCCC)COP(=O)([O-])OCC[N+](C)(C)C. The number of likely N-dealkylation sites (N-methyl/N-ethyl adjacent to an activating group) is 1. The lowest BCUT2D eigenvalue weighted by atomic mass is 10.1. The molecular weight excluding hydrogens is 766 g/mol. The van der Waals surface area contributed by atoms with Crippen molar-refractivity contribution in [1.29, 1.82) is 0 Å². The van der Waals surface area contributed by atoms with Gasteiger partial charge in [-0.3, -0.25) is 14.2 Å². The van der Waals surface area contributed by atoms with E-state index in [2.05, 4.69) is 74.6 Å². The normalized spacial score (nSPS) is 17.5. The monoisotopic (exact) mass is 850 g/mol. The van der Waals surface area contributed by atoms with E-state index < -0.39 is 32.5 Å². The van der Waals surface area contributed by atoms with Gasteiger partial charge in [-0.15, -0.1) is 0 Å². The van der Waals surface area contributed by atoms with Gasteiger partial charge in [-0.25, -0.2) is 0 Å². The summed E-state index contributed by atoms with van der Waals surface area (Å²) in [6.45, 7) is 4.08. The topological polar surface area (TPSA) is 124 Å². The van der Waals surface area contributed by atoms with Crippen molar-refractivity contribution in [2.45, 2.75) is 186 Å². The van der Waals surface area contributed by atoms with Crippen LogP contribution >= 0.6 is 7.82 Å². The van der Waals surface area contributed by atoms with Gasteiger partial charge in [-0.2, -0.15) is 0 Å². The summed E-state index contributed by atoms with van der Waals surface area (Å²) in [5, 5.41) is 0. The van der Waals surface area contributed by atoms with Crippen molar-refractivity contribution in [3.05, 3.63) is 60.8 Å². The number of esters is 2. The first kappa shape index (κ1) is 54.7. The Morgan fingerprint density at radius 1 is 0.610 bits per heavy atom. The fraction of sp³-hybridized carbons (Fsp3) is 0.750. The number of ether oxygens (including phenoxy) is 3. The number of rotatable bonds is 40. The van der Waals surface area contributed by atoms with Gasteiger partial charge in [0.2, 0.25) is 0 Å². The molecule has 0 N–H and O–H groups in total. The number of epoxide rings is 1. The molecule has 59 heavy (non-hydrogen) atoms. The molecule has 3 unspecified atom stereocenters. The molecule has 0 aromatic heterocycles. The van der Waals surface area contributed by atoms with Crippen molar-refractivity contribution >= 4 is 19.8 Å². The molecule has 1 rings (SSSR count). The third-order valence-electron chi connectivity index (χ3n) is 9.91. The molecule has 0 spiro atoms. The lowest BCUT2D eigenvalue weighted by Crippen LogP contribution is -2.37. The van der Waals surface area contributed by atoms with Crippen LogP contribution in [0.15, 0.2) is 60.8 Å². The van der Waals surface area contributed by atoms with Gasteiger partial charge in [0, 0.05) is 12.8 Å². The minimum atomic E-state index is -4.65. The number of hydrogen-bond acceptors (Lipinski definition) is 9. The molecule has 11 heteroatoms. The average Bonchev–Trinajstić information content (AvgIpc) is 3.94. The molecular formula is C48H84NO9P. The van der Waals surface area contributed by atoms with Crippen LogP contribution in [-0.4, -0.2) is 82.2 Å². The van der Waals surface area contributed by atoms with Gasteiger partial charge >= 0.3 is 11.9 Å². The van der Waals surface area contributed by atoms with Crippen LogP contribution in [0.3, 0.4) is 0 Å². The highest BCUT2D eigenvalue weighted by Gasteiger charge is 2.36. The maximum atomic E-state index is 12.7. The van der Waals surface area contributed by atoms with E-state index in [1.807, 2.05) is 21.1 Å². The summed E-state index contributed by atoms with van der Waals surface area (Å²) in [5.74, 6) is -0.919. The molecule has 0 saturated carbocycles. The van der Waals surface area contributed by atoms with Crippen molar-refractivity contribution in [1.82, 2.24) is 0 Å². The number of allylic oxidation sites excluding steroid dienone is 8. The van der Waals surface area contributed by atoms with Crippen LogP contribution < -0.4 is 4.89 Å². The molecule has 0 aliphatic carbocycles. The fourth-order valence-corrected chi connectivity index (χ4v) is 6.86. The van der Waals surface area contributed by atoms with Crippen LogP contribution in [0.5, 0.6) is 0 Å². The van der Waals surface area contributed by atoms with E-state index >= 15 is 0 Å². The molecule has 10 nitrogen and oxygen atoms in total. The second-order valence-corrected chi connectivity index (χ2v) is 18.2. The first-order valence-electron chi connectivity index (χ1n) is 23.1. The average molecular weight is 850 g/mol. The van der Waals surface area contributed by atoms with E-state index in [0.717, 1.165) is 64.2 Å². The summed E-state index contributed by atoms with van der Waals surface area (Å²) in [5.41, 5.74) is 0. The van der Waals surface area contributed by atoms with Crippen molar-refractivity contribution in [2.75, 3.05) is 47.5 Å². The van der Waals surface area contributed by atoms with Crippen LogP contribution in [0.25, 0.3) is 0 Å². The maximum absolute atomic E-state index is 12.7. The number of hydrogen-bond donors (Lipinski definition) is 0. The number of phosphoric ester groups is 1. The van der Waals surface area contributed by atoms with Gasteiger partial charge in [-0.1, -0.05) is 132 Å². The van der Waals surface area contributed by atoms with Crippen LogP contribution in [0.1, 0.15) is 168 Å². The molecule has 0 aromatic carbocycles. The van der Waals surface area contributed by atoms with Gasteiger partial charge in [0.1, 0.15) is 19.8 Å². The summed E-state index contributed by atoms with van der Waals surface area (Å²) in [6, 6.07) is 0. The zero-order valence-corrected chi connectivity index (χ0v) is 38.8. The predicted molar refractivity (Wildman–Crippen MR) is 240 cm³/mol. The van der Waals surface area contributed by atoms with E-state index in [1.165, 1.54) is 64.2 Å². The fourth-order valence-electron chi connectivity index (χ4n) is 6.13. The smallest absolute Gasteiger partial charge is 0.306 e. The van der Waals surface area contributed by atoms with Gasteiger partial charge < -0.3 is 32.6 Å². The zero-order chi connectivity index (χ0) is 43.3. The Morgan fingerprint density at radius 2 is 1.08 bits per heavy atom. The summed E-state index contributed by atoms with van der Waals surface area (Å²) in [4.78, 5) is 37.6.